The first kappa shape index (κ1) is 13.8. The number of nitrogens with zero attached hydrogens (tertiary/aromatic N) is 3. The largest absolute Gasteiger partial charge is 0.399 e. The van der Waals surface area contributed by atoms with Crippen molar-refractivity contribution in [1.29, 1.82) is 0 Å². The lowest BCUT2D eigenvalue weighted by atomic mass is 10.1. The zero-order valence-corrected chi connectivity index (χ0v) is 12.6. The van der Waals surface area contributed by atoms with Crippen molar-refractivity contribution in [2.45, 2.75) is 26.2 Å². The van der Waals surface area contributed by atoms with Gasteiger partial charge in [-0.05, 0) is 31.0 Å². The van der Waals surface area contributed by atoms with Crippen molar-refractivity contribution in [3.8, 4) is 0 Å². The number of hydrogen-bond donors (Lipinski definition) is 1. The molecule has 0 fully saturated rings. The van der Waals surface area contributed by atoms with Crippen LogP contribution in [0.25, 0.3) is 0 Å². The summed E-state index contributed by atoms with van der Waals surface area (Å²) < 4.78 is 5.28. The van der Waals surface area contributed by atoms with E-state index in [2.05, 4.69) is 15.1 Å². The summed E-state index contributed by atoms with van der Waals surface area (Å²) in [7, 11) is 0. The maximum Gasteiger partial charge on any atom is 0.226 e. The molecule has 2 N–H and O–H groups in total. The van der Waals surface area contributed by atoms with Gasteiger partial charge in [-0.1, -0.05) is 17.3 Å². The lowest BCUT2D eigenvalue weighted by molar-refractivity contribution is 0.373. The number of aryl methyl sites for hydroxylation is 3. The zero-order chi connectivity index (χ0) is 14.7. The summed E-state index contributed by atoms with van der Waals surface area (Å²) in [5, 5.41) is 7.05. The Bertz CT molecular complexity index is 717. The molecule has 2 aromatic heterocycles. The fraction of sp³-hybridized carbons (Fsp3) is 0.267. The third-order valence-corrected chi connectivity index (χ3v) is 4.06. The molecule has 0 atom stereocenters. The van der Waals surface area contributed by atoms with E-state index in [-0.39, 0.29) is 0 Å². The van der Waals surface area contributed by atoms with Gasteiger partial charge in [0.05, 0.1) is 6.42 Å². The highest BCUT2D eigenvalue weighted by molar-refractivity contribution is 7.09. The van der Waals surface area contributed by atoms with Gasteiger partial charge in [-0.25, -0.2) is 4.98 Å². The van der Waals surface area contributed by atoms with Crippen LogP contribution in [0, 0.1) is 6.92 Å². The molecular formula is C15H16N4OS. The SMILES string of the molecule is Cc1csc(Cc2noc(CCc3ccc(N)cc3)n2)n1. The molecule has 0 amide bonds. The Morgan fingerprint density at radius 3 is 2.67 bits per heavy atom. The fourth-order valence-electron chi connectivity index (χ4n) is 2.02. The van der Waals surface area contributed by atoms with Gasteiger partial charge >= 0.3 is 0 Å². The number of rotatable bonds is 5. The molecule has 108 valence electrons. The van der Waals surface area contributed by atoms with Gasteiger partial charge in [0.1, 0.15) is 5.01 Å². The number of hydrogen-bond acceptors (Lipinski definition) is 6. The van der Waals surface area contributed by atoms with E-state index < -0.39 is 0 Å². The topological polar surface area (TPSA) is 77.8 Å². The fourth-order valence-corrected chi connectivity index (χ4v) is 2.79. The second-order valence-electron chi connectivity index (χ2n) is 4.91. The van der Waals surface area contributed by atoms with Crippen LogP contribution in [0.1, 0.15) is 28.0 Å². The Balaban J connectivity index is 1.58. The quantitative estimate of drug-likeness (QED) is 0.733. The minimum absolute atomic E-state index is 0.629. The van der Waals surface area contributed by atoms with E-state index in [0.29, 0.717) is 18.1 Å². The van der Waals surface area contributed by atoms with Crippen LogP contribution in [0.15, 0.2) is 34.2 Å². The molecule has 6 heteroatoms. The molecule has 2 heterocycles. The van der Waals surface area contributed by atoms with E-state index in [0.717, 1.165) is 29.2 Å². The minimum atomic E-state index is 0.629. The van der Waals surface area contributed by atoms with Crippen LogP contribution in [0.5, 0.6) is 0 Å². The standard InChI is InChI=1S/C15H16N4OS/c1-10-9-21-15(17-10)8-13-18-14(20-19-13)7-4-11-2-5-12(16)6-3-11/h2-3,5-6,9H,4,7-8,16H2,1H3. The second kappa shape index (κ2) is 6.05. The number of anilines is 1. The maximum absolute atomic E-state index is 5.67. The maximum atomic E-state index is 5.67. The van der Waals surface area contributed by atoms with Gasteiger partial charge in [0.15, 0.2) is 5.82 Å². The smallest absolute Gasteiger partial charge is 0.226 e. The molecule has 0 spiro atoms. The minimum Gasteiger partial charge on any atom is -0.399 e. The summed E-state index contributed by atoms with van der Waals surface area (Å²) >= 11 is 1.62. The summed E-state index contributed by atoms with van der Waals surface area (Å²) in [5.41, 5.74) is 8.68. The van der Waals surface area contributed by atoms with E-state index in [1.807, 2.05) is 36.6 Å². The van der Waals surface area contributed by atoms with Crippen LogP contribution in [0.2, 0.25) is 0 Å². The number of thiazole rings is 1. The molecule has 3 rings (SSSR count). The number of nitrogens with two attached hydrogens (primary N) is 1. The molecule has 3 aromatic rings. The van der Waals surface area contributed by atoms with Crippen molar-refractivity contribution in [1.82, 2.24) is 15.1 Å². The van der Waals surface area contributed by atoms with Gasteiger partial charge in [-0.15, -0.1) is 11.3 Å². The monoisotopic (exact) mass is 300 g/mol. The molecule has 0 unspecified atom stereocenters. The number of aromatic nitrogens is 3. The van der Waals surface area contributed by atoms with E-state index in [4.69, 9.17) is 10.3 Å². The van der Waals surface area contributed by atoms with Gasteiger partial charge in [0.25, 0.3) is 0 Å². The summed E-state index contributed by atoms with van der Waals surface area (Å²) in [6, 6.07) is 7.84. The predicted molar refractivity (Wildman–Crippen MR) is 82.2 cm³/mol. The van der Waals surface area contributed by atoms with Crippen LogP contribution in [0.3, 0.4) is 0 Å². The predicted octanol–water partition coefficient (Wildman–Crippen LogP) is 2.79. The van der Waals surface area contributed by atoms with Crippen LogP contribution in [-0.4, -0.2) is 15.1 Å². The molecule has 21 heavy (non-hydrogen) atoms. The first-order valence-corrected chi connectivity index (χ1v) is 7.64. The Labute approximate surface area is 126 Å². The molecule has 0 saturated heterocycles. The summed E-state index contributed by atoms with van der Waals surface area (Å²) in [6.45, 7) is 1.98. The van der Waals surface area contributed by atoms with E-state index in [1.165, 1.54) is 5.56 Å². The van der Waals surface area contributed by atoms with Gasteiger partial charge in [0.2, 0.25) is 5.89 Å². The van der Waals surface area contributed by atoms with Crippen molar-refractivity contribution >= 4 is 17.0 Å². The molecule has 0 aliphatic rings. The molecule has 5 nitrogen and oxygen atoms in total. The Morgan fingerprint density at radius 2 is 1.95 bits per heavy atom. The van der Waals surface area contributed by atoms with E-state index in [1.54, 1.807) is 11.3 Å². The number of benzene rings is 1. The third-order valence-electron chi connectivity index (χ3n) is 3.09. The molecule has 0 aliphatic heterocycles. The van der Waals surface area contributed by atoms with Crippen molar-refractivity contribution in [3.05, 3.63) is 57.6 Å². The molecular weight excluding hydrogens is 284 g/mol. The van der Waals surface area contributed by atoms with Crippen molar-refractivity contribution in [3.63, 3.8) is 0 Å². The normalized spacial score (nSPS) is 10.9. The number of nitrogen functional groups attached to an aromatic ring is 1. The average molecular weight is 300 g/mol. The van der Waals surface area contributed by atoms with Crippen LogP contribution >= 0.6 is 11.3 Å². The van der Waals surface area contributed by atoms with Crippen molar-refractivity contribution in [2.24, 2.45) is 0 Å². The third kappa shape index (κ3) is 3.66. The van der Waals surface area contributed by atoms with Gasteiger partial charge in [-0.3, -0.25) is 0 Å². The van der Waals surface area contributed by atoms with E-state index in [9.17, 15) is 0 Å². The van der Waals surface area contributed by atoms with Crippen LogP contribution in [0.4, 0.5) is 5.69 Å². The Morgan fingerprint density at radius 1 is 1.14 bits per heavy atom. The summed E-state index contributed by atoms with van der Waals surface area (Å²) in [6.07, 6.45) is 2.22. The molecule has 0 saturated carbocycles. The highest BCUT2D eigenvalue weighted by Gasteiger charge is 2.09. The molecule has 0 radical (unpaired) electrons. The van der Waals surface area contributed by atoms with Crippen molar-refractivity contribution in [2.75, 3.05) is 5.73 Å². The van der Waals surface area contributed by atoms with Gasteiger partial charge in [-0.2, -0.15) is 4.98 Å². The first-order valence-electron chi connectivity index (χ1n) is 6.76. The highest BCUT2D eigenvalue weighted by atomic mass is 32.1. The average Bonchev–Trinajstić information content (AvgIpc) is 3.08. The van der Waals surface area contributed by atoms with Crippen molar-refractivity contribution < 1.29 is 4.52 Å². The Kier molecular flexibility index (Phi) is 3.96. The lowest BCUT2D eigenvalue weighted by Gasteiger charge is -1.98. The lowest BCUT2D eigenvalue weighted by Crippen LogP contribution is -1.94. The highest BCUT2D eigenvalue weighted by Crippen LogP contribution is 2.13. The summed E-state index contributed by atoms with van der Waals surface area (Å²) in [5.74, 6) is 1.35. The van der Waals surface area contributed by atoms with Gasteiger partial charge < -0.3 is 10.3 Å². The second-order valence-corrected chi connectivity index (χ2v) is 5.85. The molecule has 0 bridgehead atoms. The first-order chi connectivity index (χ1) is 10.2. The summed E-state index contributed by atoms with van der Waals surface area (Å²) in [4.78, 5) is 8.81. The van der Waals surface area contributed by atoms with Crippen LogP contribution in [-0.2, 0) is 19.3 Å². The van der Waals surface area contributed by atoms with E-state index >= 15 is 0 Å². The van der Waals surface area contributed by atoms with Gasteiger partial charge in [0, 0.05) is 23.2 Å². The Hall–Kier alpha value is -2.21. The zero-order valence-electron chi connectivity index (χ0n) is 11.7. The van der Waals surface area contributed by atoms with Crippen LogP contribution < -0.4 is 5.73 Å². The molecule has 0 aliphatic carbocycles. The molecule has 1 aromatic carbocycles.